The summed E-state index contributed by atoms with van der Waals surface area (Å²) in [5.41, 5.74) is 5.39. The molecule has 2 nitrogen and oxygen atoms in total. The van der Waals surface area contributed by atoms with Gasteiger partial charge in [0.2, 0.25) is 0 Å². The molecule has 98 valence electrons. The molecule has 0 heterocycles. The first-order chi connectivity index (χ1) is 9.35. The summed E-state index contributed by atoms with van der Waals surface area (Å²) in [5, 5.41) is 3.10. The Morgan fingerprint density at radius 1 is 1.00 bits per heavy atom. The van der Waals surface area contributed by atoms with E-state index in [1.807, 2.05) is 31.3 Å². The van der Waals surface area contributed by atoms with Crippen LogP contribution in [0.15, 0.2) is 42.5 Å². The fourth-order valence-corrected chi connectivity index (χ4v) is 2.60. The van der Waals surface area contributed by atoms with Crippen LogP contribution in [-0.2, 0) is 19.4 Å². The van der Waals surface area contributed by atoms with Gasteiger partial charge in [-0.3, -0.25) is 0 Å². The summed E-state index contributed by atoms with van der Waals surface area (Å²) in [6.45, 7) is 0.645. The zero-order valence-electron chi connectivity index (χ0n) is 11.3. The zero-order valence-corrected chi connectivity index (χ0v) is 11.3. The molecule has 1 N–H and O–H groups in total. The molecule has 3 rings (SSSR count). The molecule has 2 aromatic carbocycles. The summed E-state index contributed by atoms with van der Waals surface area (Å²) in [7, 11) is 1.92. The molecule has 0 aromatic heterocycles. The van der Waals surface area contributed by atoms with Gasteiger partial charge in [0, 0.05) is 12.7 Å². The minimum absolute atomic E-state index is 0.645. The van der Waals surface area contributed by atoms with Crippen molar-refractivity contribution in [1.82, 2.24) is 0 Å². The van der Waals surface area contributed by atoms with E-state index in [1.165, 1.54) is 36.0 Å². The van der Waals surface area contributed by atoms with Crippen molar-refractivity contribution in [3.05, 3.63) is 59.2 Å². The van der Waals surface area contributed by atoms with Gasteiger partial charge in [-0.15, -0.1) is 0 Å². The predicted octanol–water partition coefficient (Wildman–Crippen LogP) is 3.80. The standard InChI is InChI=1S/C17H19NO/c1-18-16-7-9-17(10-8-16)19-12-13-5-6-14-3-2-4-15(14)11-13/h5-11,18H,2-4,12H2,1H3. The third kappa shape index (κ3) is 2.73. The molecular formula is C17H19NO. The molecular weight excluding hydrogens is 234 g/mol. The number of ether oxygens (including phenoxy) is 1. The van der Waals surface area contributed by atoms with E-state index in [2.05, 4.69) is 23.5 Å². The van der Waals surface area contributed by atoms with Gasteiger partial charge in [-0.25, -0.2) is 0 Å². The van der Waals surface area contributed by atoms with Crippen LogP contribution in [0.25, 0.3) is 0 Å². The number of anilines is 1. The SMILES string of the molecule is CNc1ccc(OCc2ccc3c(c2)CCC3)cc1. The van der Waals surface area contributed by atoms with Crippen molar-refractivity contribution < 1.29 is 4.74 Å². The second kappa shape index (κ2) is 5.35. The van der Waals surface area contributed by atoms with Gasteiger partial charge in [0.05, 0.1) is 0 Å². The van der Waals surface area contributed by atoms with Crippen LogP contribution in [0.5, 0.6) is 5.75 Å². The first-order valence-corrected chi connectivity index (χ1v) is 6.86. The molecule has 19 heavy (non-hydrogen) atoms. The Hall–Kier alpha value is -1.96. The second-order valence-electron chi connectivity index (χ2n) is 5.02. The van der Waals surface area contributed by atoms with Gasteiger partial charge in [0.15, 0.2) is 0 Å². The summed E-state index contributed by atoms with van der Waals surface area (Å²) in [6, 6.07) is 14.8. The third-order valence-electron chi connectivity index (χ3n) is 3.71. The molecule has 1 aliphatic rings. The Morgan fingerprint density at radius 2 is 1.79 bits per heavy atom. The average molecular weight is 253 g/mol. The normalized spacial score (nSPS) is 13.1. The minimum Gasteiger partial charge on any atom is -0.489 e. The number of hydrogen-bond donors (Lipinski definition) is 1. The highest BCUT2D eigenvalue weighted by atomic mass is 16.5. The fraction of sp³-hybridized carbons (Fsp3) is 0.294. The van der Waals surface area contributed by atoms with Gasteiger partial charge in [0.25, 0.3) is 0 Å². The van der Waals surface area contributed by atoms with Gasteiger partial charge < -0.3 is 10.1 Å². The van der Waals surface area contributed by atoms with Crippen molar-refractivity contribution in [1.29, 1.82) is 0 Å². The van der Waals surface area contributed by atoms with Crippen LogP contribution >= 0.6 is 0 Å². The van der Waals surface area contributed by atoms with Crippen LogP contribution in [0.3, 0.4) is 0 Å². The Bertz CT molecular complexity index is 560. The monoisotopic (exact) mass is 253 g/mol. The molecule has 0 fully saturated rings. The van der Waals surface area contributed by atoms with E-state index < -0.39 is 0 Å². The molecule has 0 atom stereocenters. The van der Waals surface area contributed by atoms with Crippen molar-refractivity contribution in [2.45, 2.75) is 25.9 Å². The maximum atomic E-state index is 5.82. The van der Waals surface area contributed by atoms with E-state index >= 15 is 0 Å². The van der Waals surface area contributed by atoms with E-state index in [1.54, 1.807) is 0 Å². The lowest BCUT2D eigenvalue weighted by Crippen LogP contribution is -1.97. The minimum atomic E-state index is 0.645. The number of aryl methyl sites for hydroxylation is 2. The fourth-order valence-electron chi connectivity index (χ4n) is 2.60. The molecule has 0 aliphatic heterocycles. The van der Waals surface area contributed by atoms with Gasteiger partial charge in [-0.2, -0.15) is 0 Å². The maximum Gasteiger partial charge on any atom is 0.119 e. The highest BCUT2D eigenvalue weighted by molar-refractivity contribution is 5.45. The highest BCUT2D eigenvalue weighted by Gasteiger charge is 2.10. The van der Waals surface area contributed by atoms with E-state index in [9.17, 15) is 0 Å². The molecule has 0 spiro atoms. The van der Waals surface area contributed by atoms with E-state index in [4.69, 9.17) is 4.74 Å². The second-order valence-corrected chi connectivity index (χ2v) is 5.02. The molecule has 0 saturated carbocycles. The largest absolute Gasteiger partial charge is 0.489 e. The first-order valence-electron chi connectivity index (χ1n) is 6.86. The molecule has 0 bridgehead atoms. The Kier molecular flexibility index (Phi) is 3.41. The van der Waals surface area contributed by atoms with Crippen LogP contribution in [0, 0.1) is 0 Å². The Balaban J connectivity index is 1.65. The maximum absolute atomic E-state index is 5.82. The van der Waals surface area contributed by atoms with Crippen LogP contribution < -0.4 is 10.1 Å². The van der Waals surface area contributed by atoms with Crippen molar-refractivity contribution in [2.24, 2.45) is 0 Å². The summed E-state index contributed by atoms with van der Waals surface area (Å²) < 4.78 is 5.82. The van der Waals surface area contributed by atoms with E-state index in [-0.39, 0.29) is 0 Å². The lowest BCUT2D eigenvalue weighted by atomic mass is 10.1. The van der Waals surface area contributed by atoms with Crippen molar-refractivity contribution in [2.75, 3.05) is 12.4 Å². The number of hydrogen-bond acceptors (Lipinski definition) is 2. The van der Waals surface area contributed by atoms with Crippen LogP contribution in [0.4, 0.5) is 5.69 Å². The highest BCUT2D eigenvalue weighted by Crippen LogP contribution is 2.23. The van der Waals surface area contributed by atoms with Gasteiger partial charge in [-0.1, -0.05) is 18.2 Å². The van der Waals surface area contributed by atoms with E-state index in [0.29, 0.717) is 6.61 Å². The Labute approximate surface area is 114 Å². The molecule has 2 aromatic rings. The summed E-state index contributed by atoms with van der Waals surface area (Å²) in [5.74, 6) is 0.916. The molecule has 0 amide bonds. The van der Waals surface area contributed by atoms with Crippen molar-refractivity contribution in [3.8, 4) is 5.75 Å². The number of rotatable bonds is 4. The average Bonchev–Trinajstić information content (AvgIpc) is 2.93. The number of benzene rings is 2. The summed E-state index contributed by atoms with van der Waals surface area (Å²) >= 11 is 0. The number of nitrogens with one attached hydrogen (secondary N) is 1. The quantitative estimate of drug-likeness (QED) is 0.895. The van der Waals surface area contributed by atoms with Crippen molar-refractivity contribution in [3.63, 3.8) is 0 Å². The summed E-state index contributed by atoms with van der Waals surface area (Å²) in [4.78, 5) is 0. The molecule has 0 saturated heterocycles. The van der Waals surface area contributed by atoms with Crippen LogP contribution in [-0.4, -0.2) is 7.05 Å². The zero-order chi connectivity index (χ0) is 13.1. The van der Waals surface area contributed by atoms with Gasteiger partial charge >= 0.3 is 0 Å². The number of fused-ring (bicyclic) bond motifs is 1. The molecule has 0 unspecified atom stereocenters. The lowest BCUT2D eigenvalue weighted by molar-refractivity contribution is 0.306. The molecule has 2 heteroatoms. The van der Waals surface area contributed by atoms with Crippen LogP contribution in [0.2, 0.25) is 0 Å². The predicted molar refractivity (Wildman–Crippen MR) is 78.8 cm³/mol. The summed E-state index contributed by atoms with van der Waals surface area (Å²) in [6.07, 6.45) is 3.76. The van der Waals surface area contributed by atoms with Gasteiger partial charge in [-0.05, 0) is 60.2 Å². The topological polar surface area (TPSA) is 21.3 Å². The van der Waals surface area contributed by atoms with E-state index in [0.717, 1.165) is 11.4 Å². The van der Waals surface area contributed by atoms with Gasteiger partial charge in [0.1, 0.15) is 12.4 Å². The van der Waals surface area contributed by atoms with Crippen LogP contribution in [0.1, 0.15) is 23.1 Å². The third-order valence-corrected chi connectivity index (χ3v) is 3.71. The Morgan fingerprint density at radius 3 is 2.58 bits per heavy atom. The smallest absolute Gasteiger partial charge is 0.119 e. The first kappa shape index (κ1) is 12.1. The molecule has 0 radical (unpaired) electrons. The molecule has 1 aliphatic carbocycles. The lowest BCUT2D eigenvalue weighted by Gasteiger charge is -2.09. The van der Waals surface area contributed by atoms with Crippen molar-refractivity contribution >= 4 is 5.69 Å².